The molecule has 2 amide bonds. The van der Waals surface area contributed by atoms with Gasteiger partial charge in [0, 0.05) is 6.54 Å². The minimum atomic E-state index is -0.681. The molecule has 0 fully saturated rings. The van der Waals surface area contributed by atoms with Crippen molar-refractivity contribution in [3.05, 3.63) is 0 Å². The summed E-state index contributed by atoms with van der Waals surface area (Å²) in [5.74, 6) is 0.0293. The molecule has 0 aromatic carbocycles. The lowest BCUT2D eigenvalue weighted by molar-refractivity contribution is 0.0545. The molecular weight excluding hydrogens is 348 g/mol. The monoisotopic (exact) mass is 386 g/mol. The number of hydrogen-bond acceptors (Lipinski definition) is 6. The van der Waals surface area contributed by atoms with E-state index in [4.69, 9.17) is 15.2 Å². The number of aliphatic imine (C=N–C) groups is 1. The maximum absolute atomic E-state index is 12.0. The molecule has 0 unspecified atom stereocenters. The fraction of sp³-hybridized carbons (Fsp3) is 0.842. The zero-order chi connectivity index (χ0) is 20.9. The van der Waals surface area contributed by atoms with Crippen LogP contribution in [0.25, 0.3) is 0 Å². The molecule has 0 saturated carbocycles. The first-order valence-electron chi connectivity index (χ1n) is 9.67. The van der Waals surface area contributed by atoms with E-state index in [1.807, 2.05) is 0 Å². The maximum Gasteiger partial charge on any atom is 0.414 e. The molecule has 27 heavy (non-hydrogen) atoms. The second kappa shape index (κ2) is 12.5. The number of nitrogens with two attached hydrogens (primary N) is 1. The molecule has 0 aromatic rings. The van der Waals surface area contributed by atoms with Crippen molar-refractivity contribution >= 4 is 18.1 Å². The number of amides is 2. The number of guanidine groups is 1. The molecule has 0 rings (SSSR count). The first kappa shape index (κ1) is 25.2. The second-order valence-electron chi connectivity index (χ2n) is 8.39. The normalized spacial score (nSPS) is 11.5. The number of hydrogen-bond donors (Lipinski definition) is 3. The van der Waals surface area contributed by atoms with Gasteiger partial charge >= 0.3 is 12.2 Å². The Hall–Kier alpha value is -1.83. The van der Waals surface area contributed by atoms with Crippen LogP contribution in [-0.2, 0) is 9.47 Å². The van der Waals surface area contributed by atoms with Crippen LogP contribution in [0.2, 0.25) is 0 Å². The van der Waals surface area contributed by atoms with Crippen molar-refractivity contribution in [3.63, 3.8) is 0 Å². The minimum absolute atomic E-state index is 0.0293. The van der Waals surface area contributed by atoms with Crippen LogP contribution in [0, 0.1) is 0 Å². The number of rotatable bonds is 8. The van der Waals surface area contributed by atoms with E-state index in [1.165, 1.54) is 0 Å². The summed E-state index contributed by atoms with van der Waals surface area (Å²) in [7, 11) is 0. The highest BCUT2D eigenvalue weighted by molar-refractivity contribution is 6.01. The van der Waals surface area contributed by atoms with Gasteiger partial charge in [-0.1, -0.05) is 25.7 Å². The summed E-state index contributed by atoms with van der Waals surface area (Å²) in [6.45, 7) is 11.8. The quantitative estimate of drug-likeness (QED) is 0.334. The van der Waals surface area contributed by atoms with E-state index >= 15 is 0 Å². The number of unbranched alkanes of at least 4 members (excludes halogenated alkanes) is 5. The molecule has 0 aliphatic heterocycles. The van der Waals surface area contributed by atoms with Crippen molar-refractivity contribution in [3.8, 4) is 0 Å². The van der Waals surface area contributed by atoms with E-state index in [0.29, 0.717) is 6.54 Å². The second-order valence-corrected chi connectivity index (χ2v) is 8.39. The number of nitrogens with zero attached hydrogens (tertiary/aromatic N) is 1. The fourth-order valence-electron chi connectivity index (χ4n) is 2.06. The molecule has 8 heteroatoms. The molecular formula is C19H38N4O4. The van der Waals surface area contributed by atoms with Crippen LogP contribution in [0.1, 0.15) is 80.1 Å². The van der Waals surface area contributed by atoms with Gasteiger partial charge in [-0.05, 0) is 60.9 Å². The third-order valence-electron chi connectivity index (χ3n) is 3.12. The van der Waals surface area contributed by atoms with Gasteiger partial charge < -0.3 is 15.2 Å². The highest BCUT2D eigenvalue weighted by atomic mass is 16.6. The summed E-state index contributed by atoms with van der Waals surface area (Å²) in [4.78, 5) is 28.2. The van der Waals surface area contributed by atoms with Gasteiger partial charge in [0.1, 0.15) is 11.2 Å². The molecule has 0 saturated heterocycles. The van der Waals surface area contributed by atoms with Gasteiger partial charge in [0.05, 0.1) is 0 Å². The molecule has 0 aliphatic rings. The average molecular weight is 387 g/mol. The number of carbonyl (C=O) groups excluding carboxylic acids is 2. The van der Waals surface area contributed by atoms with Crippen LogP contribution < -0.4 is 16.4 Å². The van der Waals surface area contributed by atoms with Crippen molar-refractivity contribution in [2.45, 2.75) is 91.3 Å². The number of ether oxygens (including phenoxy) is 2. The van der Waals surface area contributed by atoms with E-state index in [1.54, 1.807) is 41.5 Å². The fourth-order valence-corrected chi connectivity index (χ4v) is 2.06. The third kappa shape index (κ3) is 17.3. The first-order valence-corrected chi connectivity index (χ1v) is 9.67. The van der Waals surface area contributed by atoms with E-state index in [-0.39, 0.29) is 5.96 Å². The Morgan fingerprint density at radius 1 is 0.778 bits per heavy atom. The Kier molecular flexibility index (Phi) is 11.7. The highest BCUT2D eigenvalue weighted by Gasteiger charge is 2.21. The molecule has 0 spiro atoms. The van der Waals surface area contributed by atoms with Gasteiger partial charge in [-0.15, -0.1) is 0 Å². The summed E-state index contributed by atoms with van der Waals surface area (Å²) in [6.07, 6.45) is 4.99. The van der Waals surface area contributed by atoms with Gasteiger partial charge in [-0.2, -0.15) is 0 Å². The number of carbonyl (C=O) groups is 2. The summed E-state index contributed by atoms with van der Waals surface area (Å²) in [6, 6.07) is 0. The topological polar surface area (TPSA) is 115 Å². The molecule has 0 heterocycles. The molecule has 8 nitrogen and oxygen atoms in total. The van der Waals surface area contributed by atoms with E-state index in [0.717, 1.165) is 45.1 Å². The summed E-state index contributed by atoms with van der Waals surface area (Å²) in [5, 5.41) is 4.94. The SMILES string of the molecule is CC(C)(C)OC(=O)NC(=NCCCCCCCCN)NC(=O)OC(C)(C)C. The number of alkyl carbamates (subject to hydrolysis) is 2. The predicted octanol–water partition coefficient (Wildman–Crippen LogP) is 3.69. The average Bonchev–Trinajstić information content (AvgIpc) is 2.45. The summed E-state index contributed by atoms with van der Waals surface area (Å²) >= 11 is 0. The summed E-state index contributed by atoms with van der Waals surface area (Å²) in [5.41, 5.74) is 4.18. The Morgan fingerprint density at radius 3 is 1.59 bits per heavy atom. The molecule has 0 aromatic heterocycles. The smallest absolute Gasteiger partial charge is 0.414 e. The molecule has 0 atom stereocenters. The van der Waals surface area contributed by atoms with Crippen LogP contribution in [-0.4, -0.2) is 42.4 Å². The lowest BCUT2D eigenvalue weighted by Crippen LogP contribution is -2.47. The van der Waals surface area contributed by atoms with Gasteiger partial charge in [0.25, 0.3) is 0 Å². The predicted molar refractivity (Wildman–Crippen MR) is 108 cm³/mol. The molecule has 0 aliphatic carbocycles. The zero-order valence-corrected chi connectivity index (χ0v) is 17.8. The molecule has 4 N–H and O–H groups in total. The Morgan fingerprint density at radius 2 is 1.19 bits per heavy atom. The minimum Gasteiger partial charge on any atom is -0.444 e. The van der Waals surface area contributed by atoms with Crippen LogP contribution in [0.15, 0.2) is 4.99 Å². The van der Waals surface area contributed by atoms with Crippen LogP contribution in [0.4, 0.5) is 9.59 Å². The van der Waals surface area contributed by atoms with Crippen LogP contribution in [0.5, 0.6) is 0 Å². The molecule has 158 valence electrons. The highest BCUT2D eigenvalue weighted by Crippen LogP contribution is 2.08. The Labute approximate surface area is 163 Å². The molecule has 0 bridgehead atoms. The van der Waals surface area contributed by atoms with E-state index in [2.05, 4.69) is 15.6 Å². The Balaban J connectivity index is 4.58. The van der Waals surface area contributed by atoms with Gasteiger partial charge in [-0.25, -0.2) is 9.59 Å². The van der Waals surface area contributed by atoms with Gasteiger partial charge in [-0.3, -0.25) is 15.6 Å². The van der Waals surface area contributed by atoms with Crippen molar-refractivity contribution in [2.24, 2.45) is 10.7 Å². The van der Waals surface area contributed by atoms with Crippen LogP contribution in [0.3, 0.4) is 0 Å². The standard InChI is InChI=1S/C19H38N4O4/c1-18(2,3)26-16(24)22-15(23-17(25)27-19(4,5)6)21-14-12-10-8-7-9-11-13-20/h7-14,20H2,1-6H3,(H2,21,22,23,24,25). The third-order valence-corrected chi connectivity index (χ3v) is 3.12. The van der Waals surface area contributed by atoms with Gasteiger partial charge in [0.2, 0.25) is 5.96 Å². The van der Waals surface area contributed by atoms with Crippen molar-refractivity contribution in [1.29, 1.82) is 0 Å². The zero-order valence-electron chi connectivity index (χ0n) is 17.8. The lowest BCUT2D eigenvalue weighted by atomic mass is 10.1. The van der Waals surface area contributed by atoms with Crippen molar-refractivity contribution in [2.75, 3.05) is 13.1 Å². The summed E-state index contributed by atoms with van der Waals surface area (Å²) < 4.78 is 10.4. The molecule has 0 radical (unpaired) electrons. The van der Waals surface area contributed by atoms with Crippen LogP contribution >= 0.6 is 0 Å². The maximum atomic E-state index is 12.0. The number of nitrogens with one attached hydrogen (secondary N) is 2. The van der Waals surface area contributed by atoms with Gasteiger partial charge in [0.15, 0.2) is 0 Å². The largest absolute Gasteiger partial charge is 0.444 e. The first-order chi connectivity index (χ1) is 12.4. The Bertz CT molecular complexity index is 447. The lowest BCUT2D eigenvalue weighted by Gasteiger charge is -2.22. The van der Waals surface area contributed by atoms with E-state index in [9.17, 15) is 9.59 Å². The van der Waals surface area contributed by atoms with Crippen molar-refractivity contribution < 1.29 is 19.1 Å². The van der Waals surface area contributed by atoms with Crippen molar-refractivity contribution in [1.82, 2.24) is 10.6 Å². The van der Waals surface area contributed by atoms with E-state index < -0.39 is 23.4 Å².